The van der Waals surface area contributed by atoms with Gasteiger partial charge in [-0.15, -0.1) is 0 Å². The first-order chi connectivity index (χ1) is 9.51. The summed E-state index contributed by atoms with van der Waals surface area (Å²) < 4.78 is 32.3. The lowest BCUT2D eigenvalue weighted by molar-refractivity contribution is -0.0229. The number of anilines is 1. The third kappa shape index (κ3) is 3.89. The van der Waals surface area contributed by atoms with Crippen molar-refractivity contribution in [3.8, 4) is 0 Å². The monoisotopic (exact) mass is 300 g/mol. The molecule has 1 fully saturated rings. The van der Waals surface area contributed by atoms with Crippen molar-refractivity contribution in [3.05, 3.63) is 18.3 Å². The summed E-state index contributed by atoms with van der Waals surface area (Å²) in [5, 5.41) is 0. The normalized spacial score (nSPS) is 20.9. The summed E-state index contributed by atoms with van der Waals surface area (Å²) in [6, 6.07) is 2.75. The van der Waals surface area contributed by atoms with Crippen LogP contribution >= 0.6 is 0 Å². The molecule has 0 aliphatic carbocycles. The molecule has 0 saturated carbocycles. The quantitative estimate of drug-likeness (QED) is 0.772. The van der Waals surface area contributed by atoms with Crippen molar-refractivity contribution in [1.82, 2.24) is 14.6 Å². The van der Waals surface area contributed by atoms with Gasteiger partial charge in [0.15, 0.2) is 0 Å². The third-order valence-electron chi connectivity index (χ3n) is 3.23. The maximum atomic E-state index is 12.1. The molecule has 1 saturated heterocycles. The predicted octanol–water partition coefficient (Wildman–Crippen LogP) is -0.337. The molecule has 2 rings (SSSR count). The number of pyridine rings is 1. The molecule has 0 spiro atoms. The average Bonchev–Trinajstić information content (AvgIpc) is 2.45. The Morgan fingerprint density at radius 1 is 1.60 bits per heavy atom. The number of nitrogens with one attached hydrogen (secondary N) is 1. The molecule has 1 atom stereocenters. The van der Waals surface area contributed by atoms with Crippen LogP contribution < -0.4 is 10.5 Å². The van der Waals surface area contributed by atoms with Crippen molar-refractivity contribution in [3.63, 3.8) is 0 Å². The first-order valence-corrected chi connectivity index (χ1v) is 8.04. The number of likely N-dealkylation sites (N-methyl/N-ethyl adjacent to an activating group) is 1. The lowest BCUT2D eigenvalue weighted by Gasteiger charge is -2.32. The van der Waals surface area contributed by atoms with Gasteiger partial charge in [-0.3, -0.25) is 4.90 Å². The predicted molar refractivity (Wildman–Crippen MR) is 75.7 cm³/mol. The number of rotatable bonds is 5. The van der Waals surface area contributed by atoms with Crippen molar-refractivity contribution in [2.24, 2.45) is 0 Å². The Hall–Kier alpha value is -1.22. The van der Waals surface area contributed by atoms with Crippen LogP contribution in [0.2, 0.25) is 0 Å². The lowest BCUT2D eigenvalue weighted by atomic mass is 10.3. The third-order valence-corrected chi connectivity index (χ3v) is 4.66. The second kappa shape index (κ2) is 6.49. The van der Waals surface area contributed by atoms with E-state index in [9.17, 15) is 8.42 Å². The SMILES string of the molecule is CCN1CCOC(CNS(=O)(=O)c2ccnc(N)c2)C1. The highest BCUT2D eigenvalue weighted by Gasteiger charge is 2.22. The van der Waals surface area contributed by atoms with Gasteiger partial charge in [0.1, 0.15) is 5.82 Å². The fraction of sp³-hybridized carbons (Fsp3) is 0.583. The van der Waals surface area contributed by atoms with E-state index in [4.69, 9.17) is 10.5 Å². The van der Waals surface area contributed by atoms with E-state index in [0.29, 0.717) is 6.61 Å². The molecular formula is C12H20N4O3S. The summed E-state index contributed by atoms with van der Waals surface area (Å²) in [6.07, 6.45) is 1.25. The van der Waals surface area contributed by atoms with Gasteiger partial charge < -0.3 is 10.5 Å². The second-order valence-corrected chi connectivity index (χ2v) is 6.42. The number of morpholine rings is 1. The van der Waals surface area contributed by atoms with E-state index in [2.05, 4.69) is 21.5 Å². The molecule has 2 heterocycles. The van der Waals surface area contributed by atoms with E-state index in [1.807, 2.05) is 0 Å². The van der Waals surface area contributed by atoms with Crippen LogP contribution in [0.4, 0.5) is 5.82 Å². The van der Waals surface area contributed by atoms with Crippen LogP contribution in [0.15, 0.2) is 23.2 Å². The molecule has 1 aliphatic heterocycles. The number of hydrogen-bond donors (Lipinski definition) is 2. The molecule has 1 aliphatic rings. The molecule has 0 aromatic carbocycles. The van der Waals surface area contributed by atoms with Gasteiger partial charge in [0.25, 0.3) is 0 Å². The van der Waals surface area contributed by atoms with Gasteiger partial charge in [0.2, 0.25) is 10.0 Å². The van der Waals surface area contributed by atoms with Gasteiger partial charge in [-0.25, -0.2) is 18.1 Å². The van der Waals surface area contributed by atoms with Crippen LogP contribution in [-0.4, -0.2) is 57.2 Å². The number of sulfonamides is 1. The summed E-state index contributed by atoms with van der Waals surface area (Å²) >= 11 is 0. The Morgan fingerprint density at radius 2 is 2.40 bits per heavy atom. The van der Waals surface area contributed by atoms with E-state index in [1.54, 1.807) is 0 Å². The van der Waals surface area contributed by atoms with Gasteiger partial charge in [-0.05, 0) is 12.6 Å². The van der Waals surface area contributed by atoms with Gasteiger partial charge in [-0.2, -0.15) is 0 Å². The van der Waals surface area contributed by atoms with Gasteiger partial charge >= 0.3 is 0 Å². The van der Waals surface area contributed by atoms with Crippen LogP contribution in [0.1, 0.15) is 6.92 Å². The Balaban J connectivity index is 1.95. The number of ether oxygens (including phenoxy) is 1. The Labute approximate surface area is 119 Å². The number of hydrogen-bond acceptors (Lipinski definition) is 6. The van der Waals surface area contributed by atoms with E-state index in [-0.39, 0.29) is 23.4 Å². The summed E-state index contributed by atoms with van der Waals surface area (Å²) in [5.41, 5.74) is 5.50. The van der Waals surface area contributed by atoms with Crippen LogP contribution in [-0.2, 0) is 14.8 Å². The number of nitrogens with zero attached hydrogens (tertiary/aromatic N) is 2. The zero-order valence-electron chi connectivity index (χ0n) is 11.4. The minimum Gasteiger partial charge on any atom is -0.384 e. The fourth-order valence-electron chi connectivity index (χ4n) is 2.07. The lowest BCUT2D eigenvalue weighted by Crippen LogP contribution is -2.47. The molecule has 1 aromatic rings. The van der Waals surface area contributed by atoms with Crippen LogP contribution in [0.25, 0.3) is 0 Å². The van der Waals surface area contributed by atoms with Crippen molar-refractivity contribution >= 4 is 15.8 Å². The van der Waals surface area contributed by atoms with Crippen molar-refractivity contribution in [2.75, 3.05) is 38.5 Å². The molecule has 0 radical (unpaired) electrons. The molecule has 0 amide bonds. The summed E-state index contributed by atoms with van der Waals surface area (Å²) in [6.45, 7) is 5.52. The highest BCUT2D eigenvalue weighted by Crippen LogP contribution is 2.11. The second-order valence-electron chi connectivity index (χ2n) is 4.65. The molecule has 0 bridgehead atoms. The minimum absolute atomic E-state index is 0.119. The van der Waals surface area contributed by atoms with Gasteiger partial charge in [-0.1, -0.05) is 6.92 Å². The van der Waals surface area contributed by atoms with Crippen LogP contribution in [0.3, 0.4) is 0 Å². The van der Waals surface area contributed by atoms with Crippen molar-refractivity contribution in [2.45, 2.75) is 17.9 Å². The molecule has 1 aromatic heterocycles. The van der Waals surface area contributed by atoms with Crippen molar-refractivity contribution < 1.29 is 13.2 Å². The molecule has 1 unspecified atom stereocenters. The van der Waals surface area contributed by atoms with E-state index in [0.717, 1.165) is 19.6 Å². The highest BCUT2D eigenvalue weighted by atomic mass is 32.2. The molecular weight excluding hydrogens is 280 g/mol. The topological polar surface area (TPSA) is 97.5 Å². The van der Waals surface area contributed by atoms with Gasteiger partial charge in [0, 0.05) is 31.9 Å². The van der Waals surface area contributed by atoms with Crippen LogP contribution in [0.5, 0.6) is 0 Å². The fourth-order valence-corrected chi connectivity index (χ4v) is 3.16. The first kappa shape index (κ1) is 15.2. The number of aromatic nitrogens is 1. The summed E-state index contributed by atoms with van der Waals surface area (Å²) in [7, 11) is -3.57. The minimum atomic E-state index is -3.57. The first-order valence-electron chi connectivity index (χ1n) is 6.56. The molecule has 20 heavy (non-hydrogen) atoms. The standard InChI is InChI=1S/C12H20N4O3S/c1-2-16-5-6-19-10(9-16)8-15-20(17,18)11-3-4-14-12(13)7-11/h3-4,7,10,15H,2,5-6,8-9H2,1H3,(H2,13,14). The molecule has 7 nitrogen and oxygen atoms in total. The van der Waals surface area contributed by atoms with Crippen molar-refractivity contribution in [1.29, 1.82) is 0 Å². The maximum absolute atomic E-state index is 12.1. The Bertz CT molecular complexity index is 549. The smallest absolute Gasteiger partial charge is 0.240 e. The Kier molecular flexibility index (Phi) is 4.92. The molecule has 112 valence electrons. The highest BCUT2D eigenvalue weighted by molar-refractivity contribution is 7.89. The number of nitrogen functional groups attached to an aromatic ring is 1. The maximum Gasteiger partial charge on any atom is 0.240 e. The molecule has 8 heteroatoms. The van der Waals surface area contributed by atoms with Gasteiger partial charge in [0.05, 0.1) is 17.6 Å². The number of nitrogens with two attached hydrogens (primary N) is 1. The van der Waals surface area contributed by atoms with E-state index >= 15 is 0 Å². The largest absolute Gasteiger partial charge is 0.384 e. The summed E-state index contributed by atoms with van der Waals surface area (Å²) in [5.74, 6) is 0.180. The van der Waals surface area contributed by atoms with E-state index in [1.165, 1.54) is 18.3 Å². The average molecular weight is 300 g/mol. The summed E-state index contributed by atoms with van der Waals surface area (Å²) in [4.78, 5) is 6.13. The van der Waals surface area contributed by atoms with E-state index < -0.39 is 10.0 Å². The zero-order valence-corrected chi connectivity index (χ0v) is 12.3. The molecule has 3 N–H and O–H groups in total. The zero-order chi connectivity index (χ0) is 14.6. The van der Waals surface area contributed by atoms with Crippen LogP contribution in [0, 0.1) is 0 Å². The Morgan fingerprint density at radius 3 is 3.10 bits per heavy atom.